The van der Waals surface area contributed by atoms with Gasteiger partial charge in [0.2, 0.25) is 0 Å². The first kappa shape index (κ1) is 10.7. The second-order valence-corrected chi connectivity index (χ2v) is 3.93. The van der Waals surface area contributed by atoms with Crippen molar-refractivity contribution < 1.29 is 9.90 Å². The van der Waals surface area contributed by atoms with Crippen LogP contribution >= 0.6 is 0 Å². The minimum absolute atomic E-state index is 0.0884. The summed E-state index contributed by atoms with van der Waals surface area (Å²) in [5, 5.41) is 9.99. The number of fused-ring (bicyclic) bond motifs is 1. The van der Waals surface area contributed by atoms with E-state index in [0.29, 0.717) is 0 Å². The average molecular weight is 217 g/mol. The molecular weight excluding hydrogens is 202 g/mol. The lowest BCUT2D eigenvalue weighted by Crippen LogP contribution is -2.03. The summed E-state index contributed by atoms with van der Waals surface area (Å²) in [6.07, 6.45) is 3.16. The Morgan fingerprint density at radius 2 is 2.19 bits per heavy atom. The van der Waals surface area contributed by atoms with E-state index in [1.54, 1.807) is 0 Å². The maximum absolute atomic E-state index is 10.8. The van der Waals surface area contributed by atoms with Crippen molar-refractivity contribution in [3.8, 4) is 0 Å². The van der Waals surface area contributed by atoms with Crippen LogP contribution < -0.4 is 0 Å². The van der Waals surface area contributed by atoms with E-state index in [4.69, 9.17) is 5.11 Å². The maximum atomic E-state index is 10.8. The van der Waals surface area contributed by atoms with Gasteiger partial charge in [0, 0.05) is 12.7 Å². The Hall–Kier alpha value is -1.77. The van der Waals surface area contributed by atoms with E-state index in [1.165, 1.54) is 0 Å². The summed E-state index contributed by atoms with van der Waals surface area (Å²) in [6, 6.07) is 7.86. The van der Waals surface area contributed by atoms with Crippen LogP contribution in [0, 0.1) is 0 Å². The Morgan fingerprint density at radius 1 is 1.38 bits per heavy atom. The number of aryl methyl sites for hydroxylation is 1. The lowest BCUT2D eigenvalue weighted by atomic mass is 10.1. The molecule has 0 saturated heterocycles. The number of aliphatic carboxylic acids is 1. The molecule has 0 radical (unpaired) electrons. The van der Waals surface area contributed by atoms with Crippen LogP contribution in [0.2, 0.25) is 0 Å². The van der Waals surface area contributed by atoms with Crippen molar-refractivity contribution in [2.45, 2.75) is 26.3 Å². The van der Waals surface area contributed by atoms with Crippen LogP contribution in [-0.4, -0.2) is 15.6 Å². The summed E-state index contributed by atoms with van der Waals surface area (Å²) >= 11 is 0. The number of hydrogen-bond acceptors (Lipinski definition) is 1. The van der Waals surface area contributed by atoms with Crippen molar-refractivity contribution in [2.75, 3.05) is 0 Å². The Kier molecular flexibility index (Phi) is 2.95. The molecule has 0 bridgehead atoms. The highest BCUT2D eigenvalue weighted by Gasteiger charge is 2.08. The fourth-order valence-electron chi connectivity index (χ4n) is 2.07. The van der Waals surface area contributed by atoms with Gasteiger partial charge in [-0.3, -0.25) is 4.79 Å². The SMILES string of the molecule is CCCn1ccc2cccc(CC(=O)O)c21. The molecule has 1 aromatic carbocycles. The molecule has 0 aliphatic heterocycles. The number of carbonyl (C=O) groups is 1. The number of para-hydroxylation sites is 1. The fourth-order valence-corrected chi connectivity index (χ4v) is 2.07. The molecule has 0 aliphatic rings. The standard InChI is InChI=1S/C13H15NO2/c1-2-7-14-8-6-10-4-3-5-11(13(10)14)9-12(15)16/h3-6,8H,2,7,9H2,1H3,(H,15,16). The lowest BCUT2D eigenvalue weighted by Gasteiger charge is -2.07. The molecule has 3 heteroatoms. The van der Waals surface area contributed by atoms with Gasteiger partial charge in [0.1, 0.15) is 0 Å². The molecule has 0 amide bonds. The van der Waals surface area contributed by atoms with Gasteiger partial charge in [-0.25, -0.2) is 0 Å². The van der Waals surface area contributed by atoms with Crippen LogP contribution in [0.4, 0.5) is 0 Å². The number of benzene rings is 1. The minimum Gasteiger partial charge on any atom is -0.481 e. The normalized spacial score (nSPS) is 10.8. The number of carboxylic acids is 1. The minimum atomic E-state index is -0.781. The van der Waals surface area contributed by atoms with Crippen LogP contribution in [0.1, 0.15) is 18.9 Å². The molecule has 2 rings (SSSR count). The summed E-state index contributed by atoms with van der Waals surface area (Å²) in [7, 11) is 0. The first-order chi connectivity index (χ1) is 7.72. The molecule has 2 aromatic rings. The highest BCUT2D eigenvalue weighted by Crippen LogP contribution is 2.21. The smallest absolute Gasteiger partial charge is 0.307 e. The molecule has 1 aromatic heterocycles. The molecule has 1 heterocycles. The van der Waals surface area contributed by atoms with Crippen molar-refractivity contribution >= 4 is 16.9 Å². The van der Waals surface area contributed by atoms with Crippen molar-refractivity contribution in [3.05, 3.63) is 36.0 Å². The number of hydrogen-bond donors (Lipinski definition) is 1. The zero-order valence-corrected chi connectivity index (χ0v) is 9.31. The van der Waals surface area contributed by atoms with Gasteiger partial charge >= 0.3 is 5.97 Å². The number of rotatable bonds is 4. The summed E-state index contributed by atoms with van der Waals surface area (Å²) < 4.78 is 2.13. The third kappa shape index (κ3) is 1.94. The van der Waals surface area contributed by atoms with Gasteiger partial charge in [-0.05, 0) is 23.4 Å². The van der Waals surface area contributed by atoms with Gasteiger partial charge in [0.05, 0.1) is 11.9 Å². The summed E-state index contributed by atoms with van der Waals surface area (Å²) in [5.41, 5.74) is 1.95. The molecule has 16 heavy (non-hydrogen) atoms. The van der Waals surface area contributed by atoms with Crippen LogP contribution in [0.15, 0.2) is 30.5 Å². The monoisotopic (exact) mass is 217 g/mol. The van der Waals surface area contributed by atoms with E-state index in [1.807, 2.05) is 30.5 Å². The molecule has 0 saturated carbocycles. The van der Waals surface area contributed by atoms with E-state index >= 15 is 0 Å². The van der Waals surface area contributed by atoms with Crippen molar-refractivity contribution in [3.63, 3.8) is 0 Å². The second-order valence-electron chi connectivity index (χ2n) is 3.93. The van der Waals surface area contributed by atoms with Gasteiger partial charge in [-0.1, -0.05) is 25.1 Å². The first-order valence-corrected chi connectivity index (χ1v) is 5.51. The van der Waals surface area contributed by atoms with Gasteiger partial charge in [0.25, 0.3) is 0 Å². The Bertz CT molecular complexity index is 514. The molecular formula is C13H15NO2. The maximum Gasteiger partial charge on any atom is 0.307 e. The van der Waals surface area contributed by atoms with Gasteiger partial charge < -0.3 is 9.67 Å². The quantitative estimate of drug-likeness (QED) is 0.855. The van der Waals surface area contributed by atoms with Gasteiger partial charge in [-0.15, -0.1) is 0 Å². The van der Waals surface area contributed by atoms with Crippen molar-refractivity contribution in [1.29, 1.82) is 0 Å². The van der Waals surface area contributed by atoms with E-state index in [-0.39, 0.29) is 6.42 Å². The first-order valence-electron chi connectivity index (χ1n) is 5.51. The van der Waals surface area contributed by atoms with E-state index in [2.05, 4.69) is 11.5 Å². The zero-order chi connectivity index (χ0) is 11.5. The third-order valence-corrected chi connectivity index (χ3v) is 2.68. The van der Waals surface area contributed by atoms with Crippen LogP contribution in [0.3, 0.4) is 0 Å². The molecule has 84 valence electrons. The molecule has 0 fully saturated rings. The summed E-state index contributed by atoms with van der Waals surface area (Å²) in [4.78, 5) is 10.8. The summed E-state index contributed by atoms with van der Waals surface area (Å²) in [6.45, 7) is 3.05. The number of carboxylic acid groups (broad SMARTS) is 1. The highest BCUT2D eigenvalue weighted by atomic mass is 16.4. The third-order valence-electron chi connectivity index (χ3n) is 2.68. The van der Waals surface area contributed by atoms with Crippen LogP contribution in [0.5, 0.6) is 0 Å². The zero-order valence-electron chi connectivity index (χ0n) is 9.31. The molecule has 0 unspecified atom stereocenters. The van der Waals surface area contributed by atoms with E-state index < -0.39 is 5.97 Å². The molecule has 1 N–H and O–H groups in total. The Balaban J connectivity index is 2.54. The van der Waals surface area contributed by atoms with Crippen molar-refractivity contribution in [1.82, 2.24) is 4.57 Å². The summed E-state index contributed by atoms with van der Waals surface area (Å²) in [5.74, 6) is -0.781. The Morgan fingerprint density at radius 3 is 2.88 bits per heavy atom. The van der Waals surface area contributed by atoms with Crippen LogP contribution in [-0.2, 0) is 17.8 Å². The molecule has 0 aliphatic carbocycles. The molecule has 0 spiro atoms. The molecule has 3 nitrogen and oxygen atoms in total. The predicted octanol–water partition coefficient (Wildman–Crippen LogP) is 2.68. The van der Waals surface area contributed by atoms with Gasteiger partial charge in [-0.2, -0.15) is 0 Å². The van der Waals surface area contributed by atoms with Crippen molar-refractivity contribution in [2.24, 2.45) is 0 Å². The lowest BCUT2D eigenvalue weighted by molar-refractivity contribution is -0.136. The van der Waals surface area contributed by atoms with Gasteiger partial charge in [0.15, 0.2) is 0 Å². The van der Waals surface area contributed by atoms with E-state index in [0.717, 1.165) is 29.4 Å². The average Bonchev–Trinajstić information content (AvgIpc) is 2.62. The van der Waals surface area contributed by atoms with Crippen LogP contribution in [0.25, 0.3) is 10.9 Å². The fraction of sp³-hybridized carbons (Fsp3) is 0.308. The number of nitrogens with zero attached hydrogens (tertiary/aromatic N) is 1. The topological polar surface area (TPSA) is 42.2 Å². The van der Waals surface area contributed by atoms with E-state index in [9.17, 15) is 4.79 Å². The Labute approximate surface area is 94.3 Å². The second kappa shape index (κ2) is 4.39. The largest absolute Gasteiger partial charge is 0.481 e. The predicted molar refractivity (Wildman–Crippen MR) is 63.6 cm³/mol. The highest BCUT2D eigenvalue weighted by molar-refractivity contribution is 5.86. The number of aromatic nitrogens is 1. The molecule has 0 atom stereocenters.